The summed E-state index contributed by atoms with van der Waals surface area (Å²) in [4.78, 5) is 6.77. The van der Waals surface area contributed by atoms with Gasteiger partial charge in [-0.2, -0.15) is 4.31 Å². The molecule has 1 aliphatic heterocycles. The number of nitrogens with zero attached hydrogens (tertiary/aromatic N) is 3. The molecule has 0 atom stereocenters. The molecule has 1 fully saturated rings. The Kier molecular flexibility index (Phi) is 5.37. The summed E-state index contributed by atoms with van der Waals surface area (Å²) >= 11 is 1.37. The van der Waals surface area contributed by atoms with E-state index in [1.165, 1.54) is 27.8 Å². The zero-order chi connectivity index (χ0) is 20.6. The van der Waals surface area contributed by atoms with Crippen LogP contribution in [0, 0.1) is 18.6 Å². The molecular formula is C20H19F2N3O2S2. The van der Waals surface area contributed by atoms with Crippen LogP contribution in [0.3, 0.4) is 0 Å². The molecule has 0 bridgehead atoms. The number of rotatable bonds is 4. The van der Waals surface area contributed by atoms with E-state index in [9.17, 15) is 17.2 Å². The molecule has 0 saturated carbocycles. The Hall–Kier alpha value is -2.36. The monoisotopic (exact) mass is 435 g/mol. The fourth-order valence-electron chi connectivity index (χ4n) is 3.22. The molecule has 2 aromatic carbocycles. The highest BCUT2D eigenvalue weighted by molar-refractivity contribution is 7.89. The molecule has 0 N–H and O–H groups in total. The van der Waals surface area contributed by atoms with Crippen LogP contribution in [-0.4, -0.2) is 43.9 Å². The molecule has 1 aliphatic rings. The largest absolute Gasteiger partial charge is 0.345 e. The molecule has 0 aliphatic carbocycles. The summed E-state index contributed by atoms with van der Waals surface area (Å²) in [5.41, 5.74) is 1.88. The Bertz CT molecular complexity index is 1100. The maximum atomic E-state index is 13.5. The number of halogens is 2. The van der Waals surface area contributed by atoms with E-state index in [1.807, 2.05) is 11.8 Å². The van der Waals surface area contributed by atoms with Crippen molar-refractivity contribution in [1.29, 1.82) is 0 Å². The minimum absolute atomic E-state index is 0.293. The Morgan fingerprint density at radius 1 is 0.966 bits per heavy atom. The van der Waals surface area contributed by atoms with Crippen molar-refractivity contribution in [3.05, 3.63) is 65.0 Å². The van der Waals surface area contributed by atoms with Gasteiger partial charge in [-0.1, -0.05) is 17.7 Å². The average molecular weight is 436 g/mol. The molecule has 5 nitrogen and oxygen atoms in total. The van der Waals surface area contributed by atoms with Crippen molar-refractivity contribution < 1.29 is 17.2 Å². The van der Waals surface area contributed by atoms with Crippen LogP contribution >= 0.6 is 11.3 Å². The van der Waals surface area contributed by atoms with Crippen molar-refractivity contribution in [2.45, 2.75) is 11.8 Å². The third-order valence-electron chi connectivity index (χ3n) is 4.82. The van der Waals surface area contributed by atoms with E-state index in [0.29, 0.717) is 47.5 Å². The lowest BCUT2D eigenvalue weighted by Crippen LogP contribution is -2.48. The molecule has 9 heteroatoms. The fraction of sp³-hybridized carbons (Fsp3) is 0.250. The van der Waals surface area contributed by atoms with E-state index in [0.717, 1.165) is 11.6 Å². The molecule has 0 radical (unpaired) electrons. The molecule has 4 rings (SSSR count). The number of anilines is 1. The van der Waals surface area contributed by atoms with Crippen LogP contribution in [0.4, 0.5) is 13.9 Å². The van der Waals surface area contributed by atoms with Gasteiger partial charge in [0, 0.05) is 43.2 Å². The maximum Gasteiger partial charge on any atom is 0.243 e. The summed E-state index contributed by atoms with van der Waals surface area (Å²) in [7, 11) is -3.53. The van der Waals surface area contributed by atoms with Gasteiger partial charge in [-0.15, -0.1) is 11.3 Å². The number of thiazole rings is 1. The van der Waals surface area contributed by atoms with Gasteiger partial charge in [-0.3, -0.25) is 0 Å². The van der Waals surface area contributed by atoms with Crippen molar-refractivity contribution in [2.24, 2.45) is 0 Å². The van der Waals surface area contributed by atoms with Crippen LogP contribution in [0.15, 0.2) is 52.7 Å². The molecule has 0 amide bonds. The molecule has 152 valence electrons. The number of benzene rings is 2. The van der Waals surface area contributed by atoms with Crippen LogP contribution in [0.5, 0.6) is 0 Å². The molecule has 3 aromatic rings. The van der Waals surface area contributed by atoms with Gasteiger partial charge in [0.05, 0.1) is 10.6 Å². The minimum atomic E-state index is -3.53. The molecule has 29 heavy (non-hydrogen) atoms. The topological polar surface area (TPSA) is 53.5 Å². The quantitative estimate of drug-likeness (QED) is 0.624. The van der Waals surface area contributed by atoms with Gasteiger partial charge in [-0.25, -0.2) is 22.2 Å². The Morgan fingerprint density at radius 2 is 1.59 bits per heavy atom. The van der Waals surface area contributed by atoms with E-state index in [4.69, 9.17) is 0 Å². The lowest BCUT2D eigenvalue weighted by molar-refractivity contribution is 0.385. The second-order valence-corrected chi connectivity index (χ2v) is 9.65. The van der Waals surface area contributed by atoms with Gasteiger partial charge in [0.2, 0.25) is 10.0 Å². The highest BCUT2D eigenvalue weighted by Gasteiger charge is 2.29. The predicted octanol–water partition coefficient (Wildman–Crippen LogP) is 3.91. The third kappa shape index (κ3) is 4.17. The lowest BCUT2D eigenvalue weighted by atomic mass is 10.1. The van der Waals surface area contributed by atoms with Crippen molar-refractivity contribution in [3.63, 3.8) is 0 Å². The van der Waals surface area contributed by atoms with Crippen LogP contribution in [-0.2, 0) is 10.0 Å². The van der Waals surface area contributed by atoms with Gasteiger partial charge in [0.25, 0.3) is 0 Å². The molecular weight excluding hydrogens is 416 g/mol. The van der Waals surface area contributed by atoms with Crippen molar-refractivity contribution in [2.75, 3.05) is 31.1 Å². The summed E-state index contributed by atoms with van der Waals surface area (Å²) in [5.74, 6) is -1.30. The second-order valence-electron chi connectivity index (χ2n) is 6.88. The Balaban J connectivity index is 1.46. The first-order valence-electron chi connectivity index (χ1n) is 9.07. The number of aryl methyl sites for hydroxylation is 1. The first-order chi connectivity index (χ1) is 13.8. The summed E-state index contributed by atoms with van der Waals surface area (Å²) in [5, 5.41) is 2.45. The van der Waals surface area contributed by atoms with Crippen molar-refractivity contribution in [1.82, 2.24) is 9.29 Å². The van der Waals surface area contributed by atoms with Crippen LogP contribution in [0.1, 0.15) is 5.56 Å². The summed E-state index contributed by atoms with van der Waals surface area (Å²) in [6.45, 7) is 3.60. The van der Waals surface area contributed by atoms with E-state index in [-0.39, 0.29) is 0 Å². The van der Waals surface area contributed by atoms with Crippen LogP contribution < -0.4 is 4.90 Å². The van der Waals surface area contributed by atoms with Gasteiger partial charge in [0.15, 0.2) is 5.13 Å². The van der Waals surface area contributed by atoms with Crippen LogP contribution in [0.25, 0.3) is 11.3 Å². The molecule has 0 spiro atoms. The van der Waals surface area contributed by atoms with Crippen molar-refractivity contribution in [3.8, 4) is 11.3 Å². The predicted molar refractivity (Wildman–Crippen MR) is 110 cm³/mol. The second kappa shape index (κ2) is 7.81. The van der Waals surface area contributed by atoms with Gasteiger partial charge >= 0.3 is 0 Å². The smallest absolute Gasteiger partial charge is 0.243 e. The molecule has 2 heterocycles. The number of hydrogen-bond donors (Lipinski definition) is 0. The number of aromatic nitrogens is 1. The van der Waals surface area contributed by atoms with Gasteiger partial charge in [-0.05, 0) is 31.2 Å². The van der Waals surface area contributed by atoms with E-state index in [2.05, 4.69) is 4.98 Å². The summed E-state index contributed by atoms with van der Waals surface area (Å²) in [6, 6.07) is 10.1. The fourth-order valence-corrected chi connectivity index (χ4v) is 5.53. The average Bonchev–Trinajstić information content (AvgIpc) is 3.18. The Labute approximate surface area is 172 Å². The van der Waals surface area contributed by atoms with Gasteiger partial charge in [0.1, 0.15) is 11.6 Å². The zero-order valence-corrected chi connectivity index (χ0v) is 17.3. The summed E-state index contributed by atoms with van der Waals surface area (Å²) < 4.78 is 54.0. The Morgan fingerprint density at radius 3 is 2.21 bits per heavy atom. The number of piperazine rings is 1. The van der Waals surface area contributed by atoms with Crippen LogP contribution in [0.2, 0.25) is 0 Å². The number of sulfonamides is 1. The van der Waals surface area contributed by atoms with E-state index >= 15 is 0 Å². The van der Waals surface area contributed by atoms with Gasteiger partial charge < -0.3 is 4.90 Å². The first-order valence-corrected chi connectivity index (χ1v) is 11.4. The standard InChI is InChI=1S/C20H19F2N3O2S2/c1-14-2-4-18(5-3-14)29(26,27)25-8-6-24(7-9-25)20-23-19(13-28-20)15-10-16(21)12-17(22)11-15/h2-5,10-13H,6-9H2,1H3. The molecule has 0 unspecified atom stereocenters. The first kappa shape index (κ1) is 19.9. The SMILES string of the molecule is Cc1ccc(S(=O)(=O)N2CCN(c3nc(-c4cc(F)cc(F)c4)cs3)CC2)cc1. The third-order valence-corrected chi connectivity index (χ3v) is 7.63. The van der Waals surface area contributed by atoms with Crippen molar-refractivity contribution >= 4 is 26.5 Å². The normalized spacial score (nSPS) is 15.6. The minimum Gasteiger partial charge on any atom is -0.345 e. The zero-order valence-electron chi connectivity index (χ0n) is 15.7. The maximum absolute atomic E-state index is 13.5. The number of hydrogen-bond acceptors (Lipinski definition) is 5. The van der Waals surface area contributed by atoms with E-state index in [1.54, 1.807) is 29.6 Å². The molecule has 1 saturated heterocycles. The highest BCUT2D eigenvalue weighted by Crippen LogP contribution is 2.29. The lowest BCUT2D eigenvalue weighted by Gasteiger charge is -2.33. The van der Waals surface area contributed by atoms with E-state index < -0.39 is 21.7 Å². The molecule has 1 aromatic heterocycles. The summed E-state index contributed by atoms with van der Waals surface area (Å²) in [6.07, 6.45) is 0. The highest BCUT2D eigenvalue weighted by atomic mass is 32.2.